The number of hydrogen-bond acceptors (Lipinski definition) is 4. The van der Waals surface area contributed by atoms with Crippen molar-refractivity contribution in [3.05, 3.63) is 24.3 Å². The first kappa shape index (κ1) is 22.9. The molecule has 1 aliphatic rings. The second kappa shape index (κ2) is 11.0. The van der Waals surface area contributed by atoms with E-state index < -0.39 is 0 Å². The lowest BCUT2D eigenvalue weighted by molar-refractivity contribution is -0.124. The Bertz CT molecular complexity index is 705. The van der Waals surface area contributed by atoms with Crippen LogP contribution in [-0.4, -0.2) is 48.3 Å². The van der Waals surface area contributed by atoms with Gasteiger partial charge in [0, 0.05) is 24.3 Å². The van der Waals surface area contributed by atoms with Crippen molar-refractivity contribution >= 4 is 29.1 Å². The summed E-state index contributed by atoms with van der Waals surface area (Å²) in [6.07, 6.45) is 3.40. The van der Waals surface area contributed by atoms with Gasteiger partial charge in [-0.25, -0.2) is 0 Å². The number of benzene rings is 1. The van der Waals surface area contributed by atoms with Gasteiger partial charge in [0.2, 0.25) is 17.7 Å². The fraction of sp³-hybridized carbons (Fsp3) is 0.591. The molecule has 0 bridgehead atoms. The molecular formula is C22H34N4O3. The predicted octanol–water partition coefficient (Wildman–Crippen LogP) is 2.85. The summed E-state index contributed by atoms with van der Waals surface area (Å²) >= 11 is 0. The van der Waals surface area contributed by atoms with Crippen molar-refractivity contribution in [2.45, 2.75) is 53.0 Å². The number of hydrogen-bond donors (Lipinski definition) is 3. The summed E-state index contributed by atoms with van der Waals surface area (Å²) in [5, 5.41) is 8.67. The van der Waals surface area contributed by atoms with Gasteiger partial charge >= 0.3 is 0 Å². The van der Waals surface area contributed by atoms with Gasteiger partial charge in [-0.1, -0.05) is 33.6 Å². The van der Waals surface area contributed by atoms with E-state index >= 15 is 0 Å². The van der Waals surface area contributed by atoms with Gasteiger partial charge < -0.3 is 16.0 Å². The smallest absolute Gasteiger partial charge is 0.238 e. The first-order valence-corrected chi connectivity index (χ1v) is 10.5. The molecule has 0 aliphatic heterocycles. The molecule has 0 aromatic heterocycles. The Balaban J connectivity index is 1.81. The molecule has 0 spiro atoms. The monoisotopic (exact) mass is 402 g/mol. The number of nitrogens with one attached hydrogen (secondary N) is 3. The summed E-state index contributed by atoms with van der Waals surface area (Å²) in [4.78, 5) is 37.7. The highest BCUT2D eigenvalue weighted by molar-refractivity contribution is 5.93. The van der Waals surface area contributed by atoms with Crippen LogP contribution in [-0.2, 0) is 14.4 Å². The summed E-state index contributed by atoms with van der Waals surface area (Å²) in [6, 6.07) is 7.15. The summed E-state index contributed by atoms with van der Waals surface area (Å²) in [5.41, 5.74) is 1.32. The van der Waals surface area contributed by atoms with Gasteiger partial charge in [-0.3, -0.25) is 19.3 Å². The van der Waals surface area contributed by atoms with Crippen LogP contribution in [0.5, 0.6) is 0 Å². The van der Waals surface area contributed by atoms with Crippen molar-refractivity contribution in [3.63, 3.8) is 0 Å². The molecule has 1 aliphatic carbocycles. The van der Waals surface area contributed by atoms with Crippen LogP contribution < -0.4 is 16.0 Å². The Labute approximate surface area is 173 Å². The van der Waals surface area contributed by atoms with E-state index in [9.17, 15) is 14.4 Å². The highest BCUT2D eigenvalue weighted by Crippen LogP contribution is 2.29. The third kappa shape index (κ3) is 7.49. The standard InChI is InChI=1S/C22H34N4O3/c1-5-26(14-22(29)25-20-8-6-7-15(2)16(20)3)13-21(28)24-19-11-9-18(10-12-19)23-17(4)27/h9-12,15-16,20H,5-8,13-14H2,1-4H3,(H,23,27)(H,24,28)(H,25,29)/t15-,16-,20-/m0/s1. The topological polar surface area (TPSA) is 90.5 Å². The van der Waals surface area contributed by atoms with E-state index in [0.29, 0.717) is 29.8 Å². The SMILES string of the molecule is CCN(CC(=O)Nc1ccc(NC(C)=O)cc1)CC(=O)N[C@H]1CCC[C@H](C)[C@@H]1C. The van der Waals surface area contributed by atoms with Crippen molar-refractivity contribution < 1.29 is 14.4 Å². The lowest BCUT2D eigenvalue weighted by Gasteiger charge is -2.35. The number of carbonyl (C=O) groups excluding carboxylic acids is 3. The zero-order chi connectivity index (χ0) is 21.4. The van der Waals surface area contributed by atoms with Gasteiger partial charge in [0.25, 0.3) is 0 Å². The van der Waals surface area contributed by atoms with Crippen LogP contribution in [0.2, 0.25) is 0 Å². The minimum absolute atomic E-state index is 0.0229. The number of anilines is 2. The van der Waals surface area contributed by atoms with E-state index in [1.807, 2.05) is 11.8 Å². The molecule has 2 rings (SSSR count). The van der Waals surface area contributed by atoms with E-state index in [2.05, 4.69) is 29.8 Å². The summed E-state index contributed by atoms with van der Waals surface area (Å²) in [5.74, 6) is 0.762. The molecule has 1 aromatic rings. The Hall–Kier alpha value is -2.41. The summed E-state index contributed by atoms with van der Waals surface area (Å²) in [6.45, 7) is 8.80. The van der Waals surface area contributed by atoms with E-state index in [1.54, 1.807) is 24.3 Å². The molecule has 3 amide bonds. The number of amides is 3. The highest BCUT2D eigenvalue weighted by atomic mass is 16.2. The Morgan fingerprint density at radius 2 is 1.55 bits per heavy atom. The molecule has 29 heavy (non-hydrogen) atoms. The van der Waals surface area contributed by atoms with E-state index in [4.69, 9.17) is 0 Å². The normalized spacial score (nSPS) is 21.5. The molecule has 3 N–H and O–H groups in total. The van der Waals surface area contributed by atoms with Crippen molar-refractivity contribution in [2.24, 2.45) is 11.8 Å². The minimum atomic E-state index is -0.174. The van der Waals surface area contributed by atoms with Gasteiger partial charge in [-0.15, -0.1) is 0 Å². The fourth-order valence-corrected chi connectivity index (χ4v) is 3.76. The quantitative estimate of drug-likeness (QED) is 0.624. The Morgan fingerprint density at radius 1 is 0.966 bits per heavy atom. The van der Waals surface area contributed by atoms with Crippen molar-refractivity contribution in [2.75, 3.05) is 30.3 Å². The second-order valence-electron chi connectivity index (χ2n) is 8.05. The van der Waals surface area contributed by atoms with Crippen molar-refractivity contribution in [3.8, 4) is 0 Å². The number of rotatable bonds is 8. The maximum atomic E-state index is 12.5. The minimum Gasteiger partial charge on any atom is -0.352 e. The van der Waals surface area contributed by atoms with Gasteiger partial charge in [-0.2, -0.15) is 0 Å². The largest absolute Gasteiger partial charge is 0.352 e. The molecule has 7 nitrogen and oxygen atoms in total. The first-order valence-electron chi connectivity index (χ1n) is 10.5. The Kier molecular flexibility index (Phi) is 8.64. The van der Waals surface area contributed by atoms with Crippen LogP contribution >= 0.6 is 0 Å². The molecule has 1 saturated carbocycles. The number of nitrogens with zero attached hydrogens (tertiary/aromatic N) is 1. The average molecular weight is 403 g/mol. The molecular weight excluding hydrogens is 368 g/mol. The van der Waals surface area contributed by atoms with E-state index in [1.165, 1.54) is 13.3 Å². The van der Waals surface area contributed by atoms with Crippen LogP contribution in [0, 0.1) is 11.8 Å². The third-order valence-corrected chi connectivity index (χ3v) is 5.72. The molecule has 1 fully saturated rings. The van der Waals surface area contributed by atoms with Gasteiger partial charge in [0.15, 0.2) is 0 Å². The number of likely N-dealkylation sites (N-methyl/N-ethyl adjacent to an activating group) is 1. The third-order valence-electron chi connectivity index (χ3n) is 5.72. The maximum absolute atomic E-state index is 12.5. The summed E-state index contributed by atoms with van der Waals surface area (Å²) < 4.78 is 0. The number of carbonyl (C=O) groups is 3. The summed E-state index contributed by atoms with van der Waals surface area (Å²) in [7, 11) is 0. The van der Waals surface area contributed by atoms with Crippen LogP contribution in [0.1, 0.15) is 47.0 Å². The molecule has 0 unspecified atom stereocenters. The lowest BCUT2D eigenvalue weighted by Crippen LogP contribution is -2.48. The Morgan fingerprint density at radius 3 is 2.14 bits per heavy atom. The predicted molar refractivity (Wildman–Crippen MR) is 116 cm³/mol. The van der Waals surface area contributed by atoms with E-state index in [0.717, 1.165) is 12.8 Å². The van der Waals surface area contributed by atoms with Crippen LogP contribution in [0.3, 0.4) is 0 Å². The molecule has 3 atom stereocenters. The zero-order valence-corrected chi connectivity index (χ0v) is 18.0. The lowest BCUT2D eigenvalue weighted by atomic mass is 9.78. The van der Waals surface area contributed by atoms with Crippen molar-refractivity contribution in [1.29, 1.82) is 0 Å². The molecule has 1 aromatic carbocycles. The van der Waals surface area contributed by atoms with Crippen LogP contribution in [0.25, 0.3) is 0 Å². The molecule has 0 heterocycles. The van der Waals surface area contributed by atoms with Gasteiger partial charge in [-0.05, 0) is 49.1 Å². The molecule has 160 valence electrons. The van der Waals surface area contributed by atoms with Gasteiger partial charge in [0.1, 0.15) is 0 Å². The first-order chi connectivity index (χ1) is 13.8. The molecule has 0 radical (unpaired) electrons. The highest BCUT2D eigenvalue weighted by Gasteiger charge is 2.28. The zero-order valence-electron chi connectivity index (χ0n) is 18.0. The second-order valence-corrected chi connectivity index (χ2v) is 8.05. The van der Waals surface area contributed by atoms with Crippen LogP contribution in [0.15, 0.2) is 24.3 Å². The maximum Gasteiger partial charge on any atom is 0.238 e. The fourth-order valence-electron chi connectivity index (χ4n) is 3.76. The van der Waals surface area contributed by atoms with Crippen LogP contribution in [0.4, 0.5) is 11.4 Å². The average Bonchev–Trinajstić information content (AvgIpc) is 2.66. The van der Waals surface area contributed by atoms with Crippen molar-refractivity contribution in [1.82, 2.24) is 10.2 Å². The van der Waals surface area contributed by atoms with Gasteiger partial charge in [0.05, 0.1) is 13.1 Å². The molecule has 7 heteroatoms. The van der Waals surface area contributed by atoms with E-state index in [-0.39, 0.29) is 36.9 Å². The molecule has 0 saturated heterocycles.